The van der Waals surface area contributed by atoms with Crippen molar-refractivity contribution in [3.8, 4) is 0 Å². The quantitative estimate of drug-likeness (QED) is 0.866. The van der Waals surface area contributed by atoms with Gasteiger partial charge in [0.1, 0.15) is 6.04 Å². The van der Waals surface area contributed by atoms with Gasteiger partial charge < -0.3 is 15.1 Å². The minimum atomic E-state index is -0.503. The predicted molar refractivity (Wildman–Crippen MR) is 91.9 cm³/mol. The maximum Gasteiger partial charge on any atom is 0.252 e. The smallest absolute Gasteiger partial charge is 0.252 e. The number of hydrogen-bond donors (Lipinski definition) is 1. The van der Waals surface area contributed by atoms with Crippen LogP contribution in [0.5, 0.6) is 0 Å². The zero-order valence-corrected chi connectivity index (χ0v) is 14.2. The van der Waals surface area contributed by atoms with E-state index in [1.165, 1.54) is 0 Å². The molecule has 1 aromatic carbocycles. The van der Waals surface area contributed by atoms with Gasteiger partial charge in [-0.15, -0.1) is 0 Å². The van der Waals surface area contributed by atoms with Gasteiger partial charge in [0.2, 0.25) is 11.8 Å². The molecule has 3 aliphatic rings. The summed E-state index contributed by atoms with van der Waals surface area (Å²) in [5.41, 5.74) is 1.57. The van der Waals surface area contributed by atoms with Gasteiger partial charge in [-0.05, 0) is 24.5 Å². The molecule has 4 rings (SSSR count). The Morgan fingerprint density at radius 1 is 0.960 bits per heavy atom. The van der Waals surface area contributed by atoms with Crippen LogP contribution < -0.4 is 5.32 Å². The molecule has 2 fully saturated rings. The molecule has 2 aliphatic heterocycles. The Hall–Kier alpha value is -2.37. The minimum Gasteiger partial charge on any atom is -0.340 e. The van der Waals surface area contributed by atoms with Crippen LogP contribution in [0.3, 0.4) is 0 Å². The van der Waals surface area contributed by atoms with Gasteiger partial charge in [-0.3, -0.25) is 14.4 Å². The summed E-state index contributed by atoms with van der Waals surface area (Å²) in [5.74, 6) is 0.229. The summed E-state index contributed by atoms with van der Waals surface area (Å²) < 4.78 is 0. The van der Waals surface area contributed by atoms with Crippen LogP contribution in [0.1, 0.15) is 35.2 Å². The number of amides is 3. The second-order valence-electron chi connectivity index (χ2n) is 7.17. The summed E-state index contributed by atoms with van der Waals surface area (Å²) >= 11 is 0. The van der Waals surface area contributed by atoms with Gasteiger partial charge in [-0.2, -0.15) is 0 Å². The summed E-state index contributed by atoms with van der Waals surface area (Å²) in [6, 6.07) is 6.92. The molecule has 0 aromatic heterocycles. The van der Waals surface area contributed by atoms with Crippen molar-refractivity contribution in [1.82, 2.24) is 15.1 Å². The van der Waals surface area contributed by atoms with Gasteiger partial charge >= 0.3 is 0 Å². The number of carbonyl (C=O) groups excluding carboxylic acids is 3. The molecule has 0 bridgehead atoms. The Balaban J connectivity index is 1.36. The third-order valence-corrected chi connectivity index (χ3v) is 5.65. The van der Waals surface area contributed by atoms with E-state index in [0.717, 1.165) is 24.8 Å². The molecule has 1 N–H and O–H groups in total. The van der Waals surface area contributed by atoms with Crippen LogP contribution in [-0.4, -0.2) is 59.7 Å². The number of carbonyl (C=O) groups is 3. The zero-order valence-electron chi connectivity index (χ0n) is 14.2. The monoisotopic (exact) mass is 341 g/mol. The number of fused-ring (bicyclic) bond motifs is 1. The Morgan fingerprint density at radius 3 is 2.24 bits per heavy atom. The van der Waals surface area contributed by atoms with E-state index in [1.54, 1.807) is 11.0 Å². The highest BCUT2D eigenvalue weighted by Gasteiger charge is 2.35. The van der Waals surface area contributed by atoms with Crippen LogP contribution in [-0.2, 0) is 16.0 Å². The number of rotatable bonds is 2. The molecule has 0 spiro atoms. The Labute approximate surface area is 147 Å². The summed E-state index contributed by atoms with van der Waals surface area (Å²) in [6.07, 6.45) is 3.69. The van der Waals surface area contributed by atoms with Crippen molar-refractivity contribution in [1.29, 1.82) is 0 Å². The van der Waals surface area contributed by atoms with E-state index < -0.39 is 6.04 Å². The number of hydrogen-bond acceptors (Lipinski definition) is 3. The van der Waals surface area contributed by atoms with Crippen molar-refractivity contribution in [2.45, 2.75) is 31.7 Å². The van der Waals surface area contributed by atoms with Gasteiger partial charge in [0.15, 0.2) is 0 Å². The van der Waals surface area contributed by atoms with Gasteiger partial charge in [0, 0.05) is 44.1 Å². The molecule has 1 aromatic rings. The first kappa shape index (κ1) is 16.1. The Kier molecular flexibility index (Phi) is 4.19. The predicted octanol–water partition coefficient (Wildman–Crippen LogP) is 0.812. The van der Waals surface area contributed by atoms with E-state index in [4.69, 9.17) is 0 Å². The van der Waals surface area contributed by atoms with Gasteiger partial charge in [0.25, 0.3) is 5.91 Å². The molecule has 1 saturated heterocycles. The fraction of sp³-hybridized carbons (Fsp3) is 0.526. The van der Waals surface area contributed by atoms with Crippen molar-refractivity contribution >= 4 is 17.7 Å². The van der Waals surface area contributed by atoms with Gasteiger partial charge in [-0.25, -0.2) is 0 Å². The Morgan fingerprint density at radius 2 is 1.60 bits per heavy atom. The van der Waals surface area contributed by atoms with E-state index in [1.807, 2.05) is 23.1 Å². The first-order valence-electron chi connectivity index (χ1n) is 9.10. The highest BCUT2D eigenvalue weighted by molar-refractivity contribution is 6.00. The average Bonchev–Trinajstić information content (AvgIpc) is 2.60. The normalized spacial score (nSPS) is 23.5. The highest BCUT2D eigenvalue weighted by atomic mass is 16.2. The van der Waals surface area contributed by atoms with Crippen LogP contribution in [0.25, 0.3) is 0 Å². The van der Waals surface area contributed by atoms with Crippen molar-refractivity contribution in [3.05, 3.63) is 35.4 Å². The summed E-state index contributed by atoms with van der Waals surface area (Å²) in [4.78, 5) is 41.0. The lowest BCUT2D eigenvalue weighted by Gasteiger charge is -2.39. The van der Waals surface area contributed by atoms with E-state index in [0.29, 0.717) is 38.2 Å². The van der Waals surface area contributed by atoms with Crippen molar-refractivity contribution in [3.63, 3.8) is 0 Å². The second-order valence-corrected chi connectivity index (χ2v) is 7.17. The number of nitrogens with one attached hydrogen (secondary N) is 1. The highest BCUT2D eigenvalue weighted by Crippen LogP contribution is 2.28. The SMILES string of the molecule is O=C1N[C@H](C(=O)N2CCN(C(=O)C3CCC3)CC2)Cc2ccccc21. The molecule has 3 amide bonds. The summed E-state index contributed by atoms with van der Waals surface area (Å²) in [7, 11) is 0. The van der Waals surface area contributed by atoms with Crippen LogP contribution in [0.4, 0.5) is 0 Å². The minimum absolute atomic E-state index is 0.0430. The number of nitrogens with zero attached hydrogens (tertiary/aromatic N) is 2. The standard InChI is InChI=1S/C19H23N3O3/c23-17-15-7-2-1-4-14(15)12-16(20-17)19(25)22-10-8-21(9-11-22)18(24)13-5-3-6-13/h1-2,4,7,13,16H,3,5-6,8-12H2,(H,20,23)/t16-/m0/s1. The van der Waals surface area contributed by atoms with Crippen LogP contribution in [0, 0.1) is 5.92 Å². The number of piperazine rings is 1. The second kappa shape index (κ2) is 6.50. The summed E-state index contributed by atoms with van der Waals surface area (Å²) in [5, 5.41) is 2.83. The lowest BCUT2D eigenvalue weighted by molar-refractivity contribution is -0.144. The molecule has 2 heterocycles. The van der Waals surface area contributed by atoms with E-state index in [2.05, 4.69) is 5.32 Å². The van der Waals surface area contributed by atoms with Crippen LogP contribution in [0.2, 0.25) is 0 Å². The van der Waals surface area contributed by atoms with Crippen molar-refractivity contribution < 1.29 is 14.4 Å². The van der Waals surface area contributed by atoms with E-state index in [-0.39, 0.29) is 23.6 Å². The largest absolute Gasteiger partial charge is 0.340 e. The third-order valence-electron chi connectivity index (χ3n) is 5.65. The molecule has 0 radical (unpaired) electrons. The average molecular weight is 341 g/mol. The Bertz CT molecular complexity index is 706. The van der Waals surface area contributed by atoms with Gasteiger partial charge in [0.05, 0.1) is 0 Å². The number of benzene rings is 1. The van der Waals surface area contributed by atoms with Crippen molar-refractivity contribution in [2.75, 3.05) is 26.2 Å². The van der Waals surface area contributed by atoms with Crippen LogP contribution >= 0.6 is 0 Å². The van der Waals surface area contributed by atoms with Crippen LogP contribution in [0.15, 0.2) is 24.3 Å². The molecule has 6 heteroatoms. The fourth-order valence-corrected chi connectivity index (χ4v) is 3.86. The molecule has 1 saturated carbocycles. The molecule has 6 nitrogen and oxygen atoms in total. The fourth-order valence-electron chi connectivity index (χ4n) is 3.86. The molecule has 1 aliphatic carbocycles. The molecular formula is C19H23N3O3. The molecule has 132 valence electrons. The maximum absolute atomic E-state index is 12.8. The molecular weight excluding hydrogens is 318 g/mol. The van der Waals surface area contributed by atoms with Gasteiger partial charge in [-0.1, -0.05) is 24.6 Å². The third kappa shape index (κ3) is 3.01. The zero-order chi connectivity index (χ0) is 17.4. The first-order valence-corrected chi connectivity index (χ1v) is 9.10. The molecule has 25 heavy (non-hydrogen) atoms. The molecule has 1 atom stereocenters. The van der Waals surface area contributed by atoms with Crippen molar-refractivity contribution in [2.24, 2.45) is 5.92 Å². The maximum atomic E-state index is 12.8. The lowest BCUT2D eigenvalue weighted by Crippen LogP contribution is -2.58. The first-order chi connectivity index (χ1) is 12.1. The van der Waals surface area contributed by atoms with E-state index in [9.17, 15) is 14.4 Å². The summed E-state index contributed by atoms with van der Waals surface area (Å²) in [6.45, 7) is 2.28. The van der Waals surface area contributed by atoms with E-state index >= 15 is 0 Å². The molecule has 0 unspecified atom stereocenters. The lowest BCUT2D eigenvalue weighted by atomic mass is 9.84. The topological polar surface area (TPSA) is 69.7 Å².